The molecule has 126 valence electrons. The first-order valence-corrected chi connectivity index (χ1v) is 8.67. The van der Waals surface area contributed by atoms with E-state index in [1.807, 2.05) is 41.1 Å². The monoisotopic (exact) mass is 354 g/mol. The quantitative estimate of drug-likeness (QED) is 0.708. The third kappa shape index (κ3) is 2.72. The Kier molecular flexibility index (Phi) is 3.84. The molecule has 2 aromatic carbocycles. The summed E-state index contributed by atoms with van der Waals surface area (Å²) < 4.78 is 15.4. The van der Waals surface area contributed by atoms with Gasteiger partial charge in [-0.25, -0.2) is 4.39 Å². The predicted molar refractivity (Wildman–Crippen MR) is 95.9 cm³/mol. The molecule has 0 aliphatic carbocycles. The average Bonchev–Trinajstić information content (AvgIpc) is 3.09. The number of hydrogen-bond donors (Lipinski definition) is 0. The number of carbonyl (C=O) groups excluding carboxylic acids is 2. The number of halogens is 1. The van der Waals surface area contributed by atoms with Crippen LogP contribution in [0.1, 0.15) is 17.2 Å². The summed E-state index contributed by atoms with van der Waals surface area (Å²) in [6, 6.07) is 13.6. The zero-order valence-corrected chi connectivity index (χ0v) is 14.3. The molecule has 1 aliphatic rings. The molecule has 0 saturated carbocycles. The number of nitrogens with zero attached hydrogens (tertiary/aromatic N) is 2. The molecule has 1 amide bonds. The third-order valence-corrected chi connectivity index (χ3v) is 5.36. The molecule has 0 radical (unpaired) electrons. The van der Waals surface area contributed by atoms with Gasteiger partial charge in [0.25, 0.3) is 5.24 Å². The van der Waals surface area contributed by atoms with Gasteiger partial charge < -0.3 is 9.47 Å². The van der Waals surface area contributed by atoms with Crippen molar-refractivity contribution >= 4 is 33.0 Å². The summed E-state index contributed by atoms with van der Waals surface area (Å²) in [5.74, 6) is -0.261. The molecule has 2 heterocycles. The first kappa shape index (κ1) is 15.9. The van der Waals surface area contributed by atoms with E-state index in [-0.39, 0.29) is 16.2 Å². The van der Waals surface area contributed by atoms with Gasteiger partial charge in [0.05, 0.1) is 0 Å². The summed E-state index contributed by atoms with van der Waals surface area (Å²) in [5.41, 5.74) is 2.64. The van der Waals surface area contributed by atoms with Crippen LogP contribution in [-0.4, -0.2) is 26.9 Å². The number of thioether (sulfide) groups is 1. The van der Waals surface area contributed by atoms with Gasteiger partial charge in [0.1, 0.15) is 11.9 Å². The SMILES string of the molecule is CN1C(=O)SC(=O)C1c1cccc2c1ccn2Cc1cccc(F)c1. The minimum absolute atomic E-state index is 0.155. The number of amides is 1. The first-order chi connectivity index (χ1) is 12.0. The number of likely N-dealkylation sites (N-methyl/N-ethyl adjacent to an activating group) is 1. The van der Waals surface area contributed by atoms with E-state index in [1.54, 1.807) is 13.1 Å². The Labute approximate surface area is 148 Å². The number of aromatic nitrogens is 1. The molecule has 0 N–H and O–H groups in total. The summed E-state index contributed by atoms with van der Waals surface area (Å²) in [4.78, 5) is 25.5. The van der Waals surface area contributed by atoms with Crippen LogP contribution in [0.15, 0.2) is 54.7 Å². The van der Waals surface area contributed by atoms with Crippen LogP contribution in [0.5, 0.6) is 0 Å². The van der Waals surface area contributed by atoms with Crippen molar-refractivity contribution < 1.29 is 14.0 Å². The highest BCUT2D eigenvalue weighted by Gasteiger charge is 2.39. The molecule has 1 atom stereocenters. The first-order valence-electron chi connectivity index (χ1n) is 7.85. The van der Waals surface area contributed by atoms with Crippen molar-refractivity contribution in [1.29, 1.82) is 0 Å². The maximum absolute atomic E-state index is 13.4. The third-order valence-electron chi connectivity index (χ3n) is 4.47. The lowest BCUT2D eigenvalue weighted by atomic mass is 10.0. The van der Waals surface area contributed by atoms with Crippen molar-refractivity contribution in [3.05, 3.63) is 71.7 Å². The van der Waals surface area contributed by atoms with Crippen LogP contribution in [0, 0.1) is 5.82 Å². The molecule has 1 unspecified atom stereocenters. The van der Waals surface area contributed by atoms with Gasteiger partial charge in [-0.1, -0.05) is 24.3 Å². The Morgan fingerprint density at radius 3 is 2.64 bits per heavy atom. The zero-order valence-electron chi connectivity index (χ0n) is 13.5. The molecule has 25 heavy (non-hydrogen) atoms. The van der Waals surface area contributed by atoms with Crippen molar-refractivity contribution in [3.8, 4) is 0 Å². The van der Waals surface area contributed by atoms with Gasteiger partial charge in [-0.2, -0.15) is 0 Å². The van der Waals surface area contributed by atoms with E-state index >= 15 is 0 Å². The molecule has 0 spiro atoms. The van der Waals surface area contributed by atoms with Crippen molar-refractivity contribution in [1.82, 2.24) is 9.47 Å². The normalized spacial score (nSPS) is 17.7. The van der Waals surface area contributed by atoms with Crippen molar-refractivity contribution in [2.75, 3.05) is 7.05 Å². The Bertz CT molecular complexity index is 998. The lowest BCUT2D eigenvalue weighted by Gasteiger charge is -2.18. The lowest BCUT2D eigenvalue weighted by molar-refractivity contribution is -0.113. The van der Waals surface area contributed by atoms with E-state index in [0.717, 1.165) is 33.8 Å². The van der Waals surface area contributed by atoms with E-state index in [2.05, 4.69) is 0 Å². The maximum atomic E-state index is 13.4. The van der Waals surface area contributed by atoms with Gasteiger partial charge in [0, 0.05) is 42.5 Å². The molecule has 4 rings (SSSR count). The van der Waals surface area contributed by atoms with Gasteiger partial charge in [0.15, 0.2) is 0 Å². The fourth-order valence-electron chi connectivity index (χ4n) is 3.27. The van der Waals surface area contributed by atoms with E-state index in [4.69, 9.17) is 0 Å². The topological polar surface area (TPSA) is 42.3 Å². The molecule has 3 aromatic rings. The maximum Gasteiger partial charge on any atom is 0.289 e. The van der Waals surface area contributed by atoms with Gasteiger partial charge in [-0.05, 0) is 35.4 Å². The van der Waals surface area contributed by atoms with E-state index < -0.39 is 6.04 Å². The lowest BCUT2D eigenvalue weighted by Crippen LogP contribution is -2.23. The fourth-order valence-corrected chi connectivity index (χ4v) is 4.09. The summed E-state index contributed by atoms with van der Waals surface area (Å²) in [5, 5.41) is 0.545. The average molecular weight is 354 g/mol. The second kappa shape index (κ2) is 6.04. The second-order valence-electron chi connectivity index (χ2n) is 6.05. The fraction of sp³-hybridized carbons (Fsp3) is 0.158. The number of benzene rings is 2. The van der Waals surface area contributed by atoms with Crippen molar-refractivity contribution in [3.63, 3.8) is 0 Å². The molecule has 6 heteroatoms. The molecule has 1 saturated heterocycles. The van der Waals surface area contributed by atoms with Crippen LogP contribution in [0.2, 0.25) is 0 Å². The highest BCUT2D eigenvalue weighted by molar-refractivity contribution is 8.26. The van der Waals surface area contributed by atoms with Gasteiger partial charge in [0.2, 0.25) is 5.12 Å². The largest absolute Gasteiger partial charge is 0.343 e. The van der Waals surface area contributed by atoms with E-state index in [9.17, 15) is 14.0 Å². The minimum Gasteiger partial charge on any atom is -0.343 e. The molecular formula is C19H15FN2O2S. The van der Waals surface area contributed by atoms with Crippen molar-refractivity contribution in [2.24, 2.45) is 0 Å². The predicted octanol–water partition coefficient (Wildman–Crippen LogP) is 4.20. The van der Waals surface area contributed by atoms with E-state index in [1.165, 1.54) is 17.0 Å². The van der Waals surface area contributed by atoms with Crippen LogP contribution < -0.4 is 0 Å². The van der Waals surface area contributed by atoms with Crippen LogP contribution in [0.4, 0.5) is 9.18 Å². The van der Waals surface area contributed by atoms with Gasteiger partial charge in [-0.15, -0.1) is 0 Å². The van der Waals surface area contributed by atoms with Crippen molar-refractivity contribution in [2.45, 2.75) is 12.6 Å². The van der Waals surface area contributed by atoms with Crippen LogP contribution >= 0.6 is 11.8 Å². The highest BCUT2D eigenvalue weighted by Crippen LogP contribution is 2.38. The van der Waals surface area contributed by atoms with Crippen LogP contribution in [0.25, 0.3) is 10.9 Å². The summed E-state index contributed by atoms with van der Waals surface area (Å²) in [7, 11) is 1.65. The molecular weight excluding hydrogens is 339 g/mol. The molecule has 4 nitrogen and oxygen atoms in total. The number of carbonyl (C=O) groups is 2. The summed E-state index contributed by atoms with van der Waals surface area (Å²) in [6.07, 6.45) is 1.92. The van der Waals surface area contributed by atoms with Crippen LogP contribution in [0.3, 0.4) is 0 Å². The Morgan fingerprint density at radius 1 is 1.12 bits per heavy atom. The molecule has 1 fully saturated rings. The number of rotatable bonds is 3. The van der Waals surface area contributed by atoms with E-state index in [0.29, 0.717) is 6.54 Å². The highest BCUT2D eigenvalue weighted by atomic mass is 32.2. The molecule has 0 bridgehead atoms. The minimum atomic E-state index is -0.564. The van der Waals surface area contributed by atoms with Crippen LogP contribution in [-0.2, 0) is 11.3 Å². The van der Waals surface area contributed by atoms with Gasteiger partial charge in [-0.3, -0.25) is 9.59 Å². The Hall–Kier alpha value is -2.60. The molecule has 1 aliphatic heterocycles. The Morgan fingerprint density at radius 2 is 1.92 bits per heavy atom. The Balaban J connectivity index is 1.76. The van der Waals surface area contributed by atoms with Gasteiger partial charge >= 0.3 is 0 Å². The zero-order chi connectivity index (χ0) is 17.6. The summed E-state index contributed by atoms with van der Waals surface area (Å²) in [6.45, 7) is 0.535. The number of hydrogen-bond acceptors (Lipinski definition) is 3. The second-order valence-corrected chi connectivity index (χ2v) is 7.01. The standard InChI is InChI=1S/C19H15FN2O2S/c1-21-17(18(23)25-19(21)24)15-6-3-7-16-14(15)8-9-22(16)11-12-4-2-5-13(20)10-12/h2-10,17H,11H2,1H3. The summed E-state index contributed by atoms with van der Waals surface area (Å²) >= 11 is 0.751. The smallest absolute Gasteiger partial charge is 0.289 e. The molecule has 1 aromatic heterocycles. The number of fused-ring (bicyclic) bond motifs is 1.